The maximum absolute atomic E-state index is 11.3. The van der Waals surface area contributed by atoms with Crippen LogP contribution in [0.3, 0.4) is 0 Å². The van der Waals surface area contributed by atoms with Gasteiger partial charge in [-0.25, -0.2) is 0 Å². The van der Waals surface area contributed by atoms with Gasteiger partial charge in [0.1, 0.15) is 6.54 Å². The fourth-order valence-electron chi connectivity index (χ4n) is 1.45. The van der Waals surface area contributed by atoms with Crippen LogP contribution >= 0.6 is 0 Å². The first-order valence-corrected chi connectivity index (χ1v) is 4.31. The third-order valence-electron chi connectivity index (χ3n) is 2.27. The summed E-state index contributed by atoms with van der Waals surface area (Å²) in [6, 6.07) is 0. The van der Waals surface area contributed by atoms with Crippen molar-refractivity contribution in [1.29, 1.82) is 0 Å². The van der Waals surface area contributed by atoms with Crippen molar-refractivity contribution < 1.29 is 14.7 Å². The Morgan fingerprint density at radius 2 is 2.23 bits per heavy atom. The molecule has 0 spiro atoms. The maximum atomic E-state index is 11.3. The molecule has 1 saturated heterocycles. The molecule has 2 unspecified atom stereocenters. The first kappa shape index (κ1) is 9.98. The summed E-state index contributed by atoms with van der Waals surface area (Å²) in [5.74, 6) is -0.972. The minimum Gasteiger partial charge on any atom is -0.480 e. The van der Waals surface area contributed by atoms with E-state index in [9.17, 15) is 9.59 Å². The zero-order valence-corrected chi connectivity index (χ0v) is 7.54. The van der Waals surface area contributed by atoms with E-state index in [1.807, 2.05) is 6.92 Å². The van der Waals surface area contributed by atoms with Gasteiger partial charge in [-0.2, -0.15) is 0 Å². The van der Waals surface area contributed by atoms with Crippen molar-refractivity contribution in [3.8, 4) is 0 Å². The maximum Gasteiger partial charge on any atom is 0.322 e. The molecule has 0 radical (unpaired) electrons. The summed E-state index contributed by atoms with van der Waals surface area (Å²) in [6.45, 7) is 3.16. The largest absolute Gasteiger partial charge is 0.480 e. The molecule has 13 heavy (non-hydrogen) atoms. The first-order valence-electron chi connectivity index (χ1n) is 4.31. The van der Waals surface area contributed by atoms with E-state index in [4.69, 9.17) is 5.11 Å². The van der Waals surface area contributed by atoms with E-state index in [-0.39, 0.29) is 24.3 Å². The Hall–Kier alpha value is -1.10. The van der Waals surface area contributed by atoms with Gasteiger partial charge in [-0.05, 0) is 12.5 Å². The zero-order valence-electron chi connectivity index (χ0n) is 7.54. The summed E-state index contributed by atoms with van der Waals surface area (Å²) in [4.78, 5) is 21.5. The molecule has 0 aromatic carbocycles. The number of amides is 1. The van der Waals surface area contributed by atoms with Gasteiger partial charge < -0.3 is 15.7 Å². The summed E-state index contributed by atoms with van der Waals surface area (Å²) in [7, 11) is 0. The van der Waals surface area contributed by atoms with Crippen LogP contribution in [0.25, 0.3) is 0 Å². The number of rotatable bonds is 3. The summed E-state index contributed by atoms with van der Waals surface area (Å²) < 4.78 is 0. The normalized spacial score (nSPS) is 27.2. The summed E-state index contributed by atoms with van der Waals surface area (Å²) in [5, 5.41) is 13.8. The van der Waals surface area contributed by atoms with Gasteiger partial charge in [-0.3, -0.25) is 9.59 Å². The third kappa shape index (κ3) is 2.69. The number of hydrogen-bond donors (Lipinski definition) is 3. The summed E-state index contributed by atoms with van der Waals surface area (Å²) in [6.07, 6.45) is 0. The Labute approximate surface area is 76.5 Å². The minimum atomic E-state index is -1.01. The molecule has 1 aliphatic rings. The predicted molar refractivity (Wildman–Crippen MR) is 46.2 cm³/mol. The van der Waals surface area contributed by atoms with Crippen LogP contribution in [-0.2, 0) is 9.59 Å². The van der Waals surface area contributed by atoms with Crippen molar-refractivity contribution in [2.24, 2.45) is 11.8 Å². The molecule has 1 aliphatic heterocycles. The highest BCUT2D eigenvalue weighted by Crippen LogP contribution is 2.15. The van der Waals surface area contributed by atoms with Crippen LogP contribution in [-0.4, -0.2) is 36.6 Å². The lowest BCUT2D eigenvalue weighted by Gasteiger charge is -2.12. The number of carbonyl (C=O) groups excluding carboxylic acids is 1. The lowest BCUT2D eigenvalue weighted by molar-refractivity contribution is -0.138. The van der Waals surface area contributed by atoms with Crippen molar-refractivity contribution in [3.63, 3.8) is 0 Å². The third-order valence-corrected chi connectivity index (χ3v) is 2.27. The fourth-order valence-corrected chi connectivity index (χ4v) is 1.45. The van der Waals surface area contributed by atoms with Crippen LogP contribution < -0.4 is 10.6 Å². The highest BCUT2D eigenvalue weighted by molar-refractivity contribution is 5.83. The molecule has 0 aromatic rings. The molecule has 1 rings (SSSR count). The predicted octanol–water partition coefficient (Wildman–Crippen LogP) is -0.957. The zero-order chi connectivity index (χ0) is 9.84. The molecule has 1 fully saturated rings. The number of carbonyl (C=O) groups is 2. The van der Waals surface area contributed by atoms with Crippen LogP contribution in [0.15, 0.2) is 0 Å². The number of carboxylic acid groups (broad SMARTS) is 1. The van der Waals surface area contributed by atoms with Crippen LogP contribution in [0.5, 0.6) is 0 Å². The van der Waals surface area contributed by atoms with E-state index in [2.05, 4.69) is 10.6 Å². The van der Waals surface area contributed by atoms with Crippen molar-refractivity contribution >= 4 is 11.9 Å². The smallest absolute Gasteiger partial charge is 0.322 e. The van der Waals surface area contributed by atoms with Gasteiger partial charge in [0.25, 0.3) is 0 Å². The van der Waals surface area contributed by atoms with Gasteiger partial charge in [0.15, 0.2) is 0 Å². The molecule has 5 nitrogen and oxygen atoms in total. The Morgan fingerprint density at radius 3 is 2.69 bits per heavy atom. The van der Waals surface area contributed by atoms with Gasteiger partial charge in [-0.15, -0.1) is 0 Å². The van der Waals surface area contributed by atoms with Crippen molar-refractivity contribution in [2.45, 2.75) is 6.92 Å². The van der Waals surface area contributed by atoms with Crippen LogP contribution in [0.4, 0.5) is 0 Å². The quantitative estimate of drug-likeness (QED) is 0.530. The molecule has 1 heterocycles. The summed E-state index contributed by atoms with van der Waals surface area (Å²) in [5.41, 5.74) is 0. The highest BCUT2D eigenvalue weighted by Gasteiger charge is 2.29. The van der Waals surface area contributed by atoms with Crippen molar-refractivity contribution in [1.82, 2.24) is 10.6 Å². The lowest BCUT2D eigenvalue weighted by atomic mass is 9.97. The second kappa shape index (κ2) is 4.23. The van der Waals surface area contributed by atoms with Crippen LogP contribution in [0.1, 0.15) is 6.92 Å². The van der Waals surface area contributed by atoms with Gasteiger partial charge in [0.05, 0.1) is 5.92 Å². The second-order valence-corrected chi connectivity index (χ2v) is 3.35. The van der Waals surface area contributed by atoms with Gasteiger partial charge >= 0.3 is 5.97 Å². The number of hydrogen-bond acceptors (Lipinski definition) is 3. The van der Waals surface area contributed by atoms with Gasteiger partial charge in [-0.1, -0.05) is 6.92 Å². The Kier molecular flexibility index (Phi) is 3.25. The Bertz CT molecular complexity index is 217. The molecule has 74 valence electrons. The standard InChI is InChI=1S/C8H14N2O3/c1-5-2-9-3-6(5)8(13)10-4-7(11)12/h5-6,9H,2-4H2,1H3,(H,10,13)(H,11,12). The first-order chi connectivity index (χ1) is 6.11. The van der Waals surface area contributed by atoms with E-state index < -0.39 is 5.97 Å². The molecule has 2 atom stereocenters. The van der Waals surface area contributed by atoms with E-state index in [0.29, 0.717) is 6.54 Å². The molecule has 5 heteroatoms. The number of aliphatic carboxylic acids is 1. The molecule has 0 aromatic heterocycles. The molecule has 0 aliphatic carbocycles. The number of nitrogens with one attached hydrogen (secondary N) is 2. The van der Waals surface area contributed by atoms with E-state index in [1.54, 1.807) is 0 Å². The Balaban J connectivity index is 2.34. The van der Waals surface area contributed by atoms with Gasteiger partial charge in [0.2, 0.25) is 5.91 Å². The topological polar surface area (TPSA) is 78.4 Å². The van der Waals surface area contributed by atoms with Crippen LogP contribution in [0, 0.1) is 11.8 Å². The molecular weight excluding hydrogens is 172 g/mol. The second-order valence-electron chi connectivity index (χ2n) is 3.35. The molecule has 0 bridgehead atoms. The van der Waals surface area contributed by atoms with Crippen molar-refractivity contribution in [3.05, 3.63) is 0 Å². The van der Waals surface area contributed by atoms with E-state index >= 15 is 0 Å². The lowest BCUT2D eigenvalue weighted by Crippen LogP contribution is -2.37. The average Bonchev–Trinajstić information content (AvgIpc) is 2.47. The monoisotopic (exact) mass is 186 g/mol. The summed E-state index contributed by atoms with van der Waals surface area (Å²) >= 11 is 0. The Morgan fingerprint density at radius 1 is 1.54 bits per heavy atom. The molecule has 1 amide bonds. The highest BCUT2D eigenvalue weighted by atomic mass is 16.4. The number of carboxylic acids is 1. The fraction of sp³-hybridized carbons (Fsp3) is 0.750. The van der Waals surface area contributed by atoms with Crippen LogP contribution in [0.2, 0.25) is 0 Å². The SMILES string of the molecule is CC1CNCC1C(=O)NCC(=O)O. The molecule has 0 saturated carbocycles. The van der Waals surface area contributed by atoms with E-state index in [1.165, 1.54) is 0 Å². The van der Waals surface area contributed by atoms with Gasteiger partial charge in [0, 0.05) is 6.54 Å². The van der Waals surface area contributed by atoms with Crippen molar-refractivity contribution in [2.75, 3.05) is 19.6 Å². The molecular formula is C8H14N2O3. The average molecular weight is 186 g/mol. The molecule has 3 N–H and O–H groups in total. The minimum absolute atomic E-state index is 0.0839. The van der Waals surface area contributed by atoms with E-state index in [0.717, 1.165) is 6.54 Å².